The zero-order valence-electron chi connectivity index (χ0n) is 12.6. The maximum atomic E-state index is 12.6. The highest BCUT2D eigenvalue weighted by molar-refractivity contribution is 8.03. The van der Waals surface area contributed by atoms with E-state index in [0.717, 1.165) is 27.8 Å². The van der Waals surface area contributed by atoms with Gasteiger partial charge in [-0.3, -0.25) is 4.72 Å². The normalized spacial score (nSPS) is 11.2. The van der Waals surface area contributed by atoms with Crippen LogP contribution >= 0.6 is 11.8 Å². The number of hydrogen-bond acceptors (Lipinski definition) is 6. The third-order valence-corrected chi connectivity index (χ3v) is 5.30. The molecule has 0 unspecified atom stereocenters. The van der Waals surface area contributed by atoms with Crippen LogP contribution in [0.1, 0.15) is 22.6 Å². The molecule has 0 aliphatic carbocycles. The van der Waals surface area contributed by atoms with E-state index in [4.69, 9.17) is 9.78 Å². The minimum Gasteiger partial charge on any atom is -0.360 e. The van der Waals surface area contributed by atoms with Gasteiger partial charge in [0.15, 0.2) is 10.7 Å². The van der Waals surface area contributed by atoms with Crippen LogP contribution in [0.25, 0.3) is 0 Å². The van der Waals surface area contributed by atoms with Gasteiger partial charge >= 0.3 is 0 Å². The van der Waals surface area contributed by atoms with Crippen molar-refractivity contribution in [3.8, 4) is 5.40 Å². The van der Waals surface area contributed by atoms with Gasteiger partial charge in [-0.25, -0.2) is 8.42 Å². The van der Waals surface area contributed by atoms with E-state index in [2.05, 4.69) is 9.88 Å². The molecular formula is C14H15N3O3S2. The average Bonchev–Trinajstić information content (AvgIpc) is 2.74. The number of thioether (sulfide) groups is 1. The minimum atomic E-state index is -3.78. The van der Waals surface area contributed by atoms with Gasteiger partial charge in [-0.05, 0) is 62.7 Å². The van der Waals surface area contributed by atoms with Crippen molar-refractivity contribution < 1.29 is 12.9 Å². The highest BCUT2D eigenvalue weighted by Crippen LogP contribution is 2.30. The summed E-state index contributed by atoms with van der Waals surface area (Å²) in [5, 5.41) is 14.4. The molecule has 0 amide bonds. The SMILES string of the molecule is Cc1cc(SC#N)cc(C)c1NS(=O)(=O)c1c(C)noc1C. The van der Waals surface area contributed by atoms with Crippen LogP contribution in [-0.4, -0.2) is 13.6 Å². The van der Waals surface area contributed by atoms with Crippen LogP contribution in [0.4, 0.5) is 5.69 Å². The maximum Gasteiger partial charge on any atom is 0.267 e. The second-order valence-corrected chi connectivity index (χ2v) is 7.36. The highest BCUT2D eigenvalue weighted by atomic mass is 32.2. The highest BCUT2D eigenvalue weighted by Gasteiger charge is 2.25. The van der Waals surface area contributed by atoms with Crippen molar-refractivity contribution in [1.82, 2.24) is 5.16 Å². The third kappa shape index (κ3) is 3.10. The van der Waals surface area contributed by atoms with Crippen molar-refractivity contribution >= 4 is 27.5 Å². The van der Waals surface area contributed by atoms with E-state index in [1.54, 1.807) is 39.8 Å². The molecule has 8 heteroatoms. The van der Waals surface area contributed by atoms with Crippen molar-refractivity contribution in [2.45, 2.75) is 37.5 Å². The first kappa shape index (κ1) is 16.4. The number of rotatable bonds is 4. The lowest BCUT2D eigenvalue weighted by Crippen LogP contribution is -2.16. The molecule has 0 saturated heterocycles. The molecule has 0 fully saturated rings. The van der Waals surface area contributed by atoms with Crippen LogP contribution in [-0.2, 0) is 10.0 Å². The Kier molecular flexibility index (Phi) is 4.49. The number of aromatic nitrogens is 1. The quantitative estimate of drug-likeness (QED) is 0.679. The second kappa shape index (κ2) is 6.02. The number of anilines is 1. The lowest BCUT2D eigenvalue weighted by Gasteiger charge is -2.14. The number of aryl methyl sites for hydroxylation is 4. The van der Waals surface area contributed by atoms with Gasteiger partial charge in [-0.1, -0.05) is 5.16 Å². The summed E-state index contributed by atoms with van der Waals surface area (Å²) < 4.78 is 32.6. The lowest BCUT2D eigenvalue weighted by atomic mass is 10.1. The van der Waals surface area contributed by atoms with E-state index in [1.807, 2.05) is 5.40 Å². The number of nitrogens with one attached hydrogen (secondary N) is 1. The topological polar surface area (TPSA) is 96.0 Å². The molecule has 0 saturated carbocycles. The van der Waals surface area contributed by atoms with Gasteiger partial charge < -0.3 is 4.52 Å². The summed E-state index contributed by atoms with van der Waals surface area (Å²) >= 11 is 1.04. The minimum absolute atomic E-state index is 0.0572. The zero-order chi connectivity index (χ0) is 16.5. The fourth-order valence-corrected chi connectivity index (χ4v) is 4.35. The van der Waals surface area contributed by atoms with Crippen molar-refractivity contribution in [1.29, 1.82) is 5.26 Å². The van der Waals surface area contributed by atoms with Crippen molar-refractivity contribution in [3.63, 3.8) is 0 Å². The third-order valence-electron chi connectivity index (χ3n) is 3.14. The van der Waals surface area contributed by atoms with E-state index in [1.165, 1.54) is 0 Å². The molecule has 0 bridgehead atoms. The molecule has 22 heavy (non-hydrogen) atoms. The van der Waals surface area contributed by atoms with Crippen molar-refractivity contribution in [2.24, 2.45) is 0 Å². The number of nitrogens with zero attached hydrogens (tertiary/aromatic N) is 2. The summed E-state index contributed by atoms with van der Waals surface area (Å²) in [5.74, 6) is 0.247. The molecule has 2 aromatic rings. The number of nitriles is 1. The van der Waals surface area contributed by atoms with Crippen LogP contribution in [0.15, 0.2) is 26.4 Å². The van der Waals surface area contributed by atoms with Crippen LogP contribution in [0.3, 0.4) is 0 Å². The number of benzene rings is 1. The van der Waals surface area contributed by atoms with Crippen LogP contribution in [0.2, 0.25) is 0 Å². The van der Waals surface area contributed by atoms with Gasteiger partial charge in [0.25, 0.3) is 10.0 Å². The summed E-state index contributed by atoms with van der Waals surface area (Å²) in [6, 6.07) is 3.54. The molecule has 1 aromatic heterocycles. The summed E-state index contributed by atoms with van der Waals surface area (Å²) in [7, 11) is -3.78. The van der Waals surface area contributed by atoms with Gasteiger partial charge in [0, 0.05) is 4.90 Å². The Morgan fingerprint density at radius 1 is 1.23 bits per heavy atom. The number of sulfonamides is 1. The standard InChI is InChI=1S/C14H15N3O3S2/c1-8-5-12(21-7-15)6-9(2)13(8)17-22(18,19)14-10(3)16-20-11(14)4/h5-6,17H,1-4H3. The van der Waals surface area contributed by atoms with Crippen LogP contribution in [0, 0.1) is 38.4 Å². The molecular weight excluding hydrogens is 322 g/mol. The molecule has 1 aromatic carbocycles. The molecule has 0 spiro atoms. The molecule has 116 valence electrons. The fourth-order valence-electron chi connectivity index (χ4n) is 2.24. The molecule has 0 radical (unpaired) electrons. The molecule has 0 aliphatic heterocycles. The Morgan fingerprint density at radius 3 is 2.27 bits per heavy atom. The van der Waals surface area contributed by atoms with E-state index >= 15 is 0 Å². The lowest BCUT2D eigenvalue weighted by molar-refractivity contribution is 0.390. The summed E-state index contributed by atoms with van der Waals surface area (Å²) in [4.78, 5) is 0.833. The molecule has 0 aliphatic rings. The van der Waals surface area contributed by atoms with Gasteiger partial charge in [0.1, 0.15) is 11.1 Å². The molecule has 1 N–H and O–H groups in total. The molecule has 2 rings (SSSR count). The summed E-state index contributed by atoms with van der Waals surface area (Å²) in [5.41, 5.74) is 2.31. The molecule has 0 atom stereocenters. The first-order chi connectivity index (χ1) is 10.3. The van der Waals surface area contributed by atoms with Crippen LogP contribution < -0.4 is 4.72 Å². The predicted octanol–water partition coefficient (Wildman–Crippen LogP) is 3.28. The van der Waals surface area contributed by atoms with E-state index in [0.29, 0.717) is 11.4 Å². The van der Waals surface area contributed by atoms with Gasteiger partial charge in [0.2, 0.25) is 0 Å². The first-order valence-corrected chi connectivity index (χ1v) is 8.69. The predicted molar refractivity (Wildman–Crippen MR) is 84.2 cm³/mol. The summed E-state index contributed by atoms with van der Waals surface area (Å²) in [6.07, 6.45) is 0. The van der Waals surface area contributed by atoms with Crippen LogP contribution in [0.5, 0.6) is 0 Å². The summed E-state index contributed by atoms with van der Waals surface area (Å²) in [6.45, 7) is 6.72. The first-order valence-electron chi connectivity index (χ1n) is 6.39. The monoisotopic (exact) mass is 337 g/mol. The number of hydrogen-bond donors (Lipinski definition) is 1. The number of thiocyanates is 1. The average molecular weight is 337 g/mol. The van der Waals surface area contributed by atoms with E-state index < -0.39 is 10.0 Å². The zero-order valence-corrected chi connectivity index (χ0v) is 14.2. The van der Waals surface area contributed by atoms with Crippen molar-refractivity contribution in [2.75, 3.05) is 4.72 Å². The Bertz CT molecular complexity index is 821. The maximum absolute atomic E-state index is 12.6. The Morgan fingerprint density at radius 2 is 1.82 bits per heavy atom. The van der Waals surface area contributed by atoms with E-state index in [9.17, 15) is 8.42 Å². The Labute approximate surface area is 133 Å². The fraction of sp³-hybridized carbons (Fsp3) is 0.286. The molecule has 1 heterocycles. The largest absolute Gasteiger partial charge is 0.360 e. The Hall–Kier alpha value is -1.98. The Balaban J connectivity index is 2.45. The van der Waals surface area contributed by atoms with Crippen molar-refractivity contribution in [3.05, 3.63) is 34.7 Å². The van der Waals surface area contributed by atoms with Gasteiger partial charge in [0.05, 0.1) is 5.69 Å². The molecule has 6 nitrogen and oxygen atoms in total. The smallest absolute Gasteiger partial charge is 0.267 e. The van der Waals surface area contributed by atoms with Gasteiger partial charge in [-0.2, -0.15) is 5.26 Å². The second-order valence-electron chi connectivity index (χ2n) is 4.88. The van der Waals surface area contributed by atoms with Gasteiger partial charge in [-0.15, -0.1) is 0 Å². The van der Waals surface area contributed by atoms with E-state index in [-0.39, 0.29) is 10.7 Å².